The molecule has 3 aromatic heterocycles. The molecule has 0 saturated carbocycles. The van der Waals surface area contributed by atoms with Gasteiger partial charge in [-0.1, -0.05) is 60.7 Å². The van der Waals surface area contributed by atoms with Crippen LogP contribution in [0.15, 0.2) is 110 Å². The summed E-state index contributed by atoms with van der Waals surface area (Å²) in [4.78, 5) is 30.3. The number of carbonyl (C=O) groups is 2. The van der Waals surface area contributed by atoms with Crippen LogP contribution in [-0.2, 0) is 4.74 Å². The minimum atomic E-state index is -0.478. The number of ether oxygens (including phenoxy) is 1. The van der Waals surface area contributed by atoms with E-state index in [1.165, 1.54) is 6.20 Å². The lowest BCUT2D eigenvalue weighted by Crippen LogP contribution is -2.12. The number of rotatable bonds is 7. The van der Waals surface area contributed by atoms with E-state index >= 15 is 0 Å². The summed E-state index contributed by atoms with van der Waals surface area (Å²) in [6, 6.07) is 28.5. The van der Waals surface area contributed by atoms with Crippen LogP contribution in [0.25, 0.3) is 33.8 Å². The molecule has 6 rings (SSSR count). The Balaban J connectivity index is 1.34. The molecule has 3 heterocycles. The predicted octanol–water partition coefficient (Wildman–Crippen LogP) is 5.68. The van der Waals surface area contributed by atoms with E-state index in [0.717, 1.165) is 16.8 Å². The highest BCUT2D eigenvalue weighted by Gasteiger charge is 2.20. The molecule has 0 aliphatic carbocycles. The van der Waals surface area contributed by atoms with Gasteiger partial charge in [0.2, 0.25) is 0 Å². The van der Waals surface area contributed by atoms with Gasteiger partial charge in [-0.15, -0.1) is 0 Å². The highest BCUT2D eigenvalue weighted by molar-refractivity contribution is 6.08. The maximum Gasteiger partial charge on any atom is 0.343 e. The second-order valence-corrected chi connectivity index (χ2v) is 8.92. The molecule has 196 valence electrons. The Kier molecular flexibility index (Phi) is 6.60. The zero-order chi connectivity index (χ0) is 27.5. The van der Waals surface area contributed by atoms with E-state index in [-0.39, 0.29) is 18.1 Å². The summed E-state index contributed by atoms with van der Waals surface area (Å²) in [5.74, 6) is -0.768. The van der Waals surface area contributed by atoms with Gasteiger partial charge in [0, 0.05) is 29.2 Å². The van der Waals surface area contributed by atoms with Crippen molar-refractivity contribution >= 4 is 23.2 Å². The third-order valence-corrected chi connectivity index (χ3v) is 6.34. The summed E-state index contributed by atoms with van der Waals surface area (Å²) in [6.45, 7) is 2.01. The van der Waals surface area contributed by atoms with Crippen molar-refractivity contribution < 1.29 is 14.3 Å². The SMILES string of the molecule is CCOC(=O)c1cnn2c(-c3cccc(NC(=O)c4cn(-c5ccccc5)nc4-c4ccccc4)c3)ccnc12. The van der Waals surface area contributed by atoms with Crippen LogP contribution >= 0.6 is 0 Å². The number of hydrogen-bond acceptors (Lipinski definition) is 6. The Morgan fingerprint density at radius 3 is 2.40 bits per heavy atom. The lowest BCUT2D eigenvalue weighted by Gasteiger charge is -2.09. The van der Waals surface area contributed by atoms with Crippen LogP contribution in [0.5, 0.6) is 0 Å². The van der Waals surface area contributed by atoms with Crippen LogP contribution in [0.3, 0.4) is 0 Å². The van der Waals surface area contributed by atoms with Crippen molar-refractivity contribution in [1.29, 1.82) is 0 Å². The number of fused-ring (bicyclic) bond motifs is 1. The van der Waals surface area contributed by atoms with Crippen molar-refractivity contribution in [2.75, 3.05) is 11.9 Å². The molecule has 3 aromatic carbocycles. The fourth-order valence-electron chi connectivity index (χ4n) is 4.48. The Labute approximate surface area is 229 Å². The van der Waals surface area contributed by atoms with Gasteiger partial charge in [-0.25, -0.2) is 19.0 Å². The molecular formula is C31H24N6O3. The zero-order valence-electron chi connectivity index (χ0n) is 21.6. The van der Waals surface area contributed by atoms with E-state index in [1.54, 1.807) is 34.6 Å². The fraction of sp³-hybridized carbons (Fsp3) is 0.0645. The number of hydrogen-bond donors (Lipinski definition) is 1. The van der Waals surface area contributed by atoms with Crippen molar-refractivity contribution in [3.8, 4) is 28.2 Å². The third-order valence-electron chi connectivity index (χ3n) is 6.34. The standard InChI is InChI=1S/C31H24N6O3/c1-2-40-31(39)25-19-33-37-27(16-17-32-29(25)37)22-12-9-13-23(18-22)34-30(38)26-20-36(24-14-7-4-8-15-24)35-28(26)21-10-5-3-6-11-21/h3-20H,2H2,1H3,(H,34,38). The van der Waals surface area contributed by atoms with Crippen LogP contribution in [0, 0.1) is 0 Å². The Bertz CT molecular complexity index is 1830. The largest absolute Gasteiger partial charge is 0.462 e. The van der Waals surface area contributed by atoms with Gasteiger partial charge in [0.25, 0.3) is 5.91 Å². The first kappa shape index (κ1) is 24.7. The number of anilines is 1. The highest BCUT2D eigenvalue weighted by Crippen LogP contribution is 2.27. The second-order valence-electron chi connectivity index (χ2n) is 8.92. The molecule has 0 spiro atoms. The molecule has 9 heteroatoms. The molecule has 0 saturated heterocycles. The quantitative estimate of drug-likeness (QED) is 0.268. The number of nitrogens with one attached hydrogen (secondary N) is 1. The predicted molar refractivity (Wildman–Crippen MR) is 151 cm³/mol. The molecule has 0 atom stereocenters. The van der Waals surface area contributed by atoms with Crippen molar-refractivity contribution in [3.05, 3.63) is 121 Å². The van der Waals surface area contributed by atoms with Crippen molar-refractivity contribution in [2.45, 2.75) is 6.92 Å². The lowest BCUT2D eigenvalue weighted by atomic mass is 10.1. The van der Waals surface area contributed by atoms with Gasteiger partial charge in [0.1, 0.15) is 11.3 Å². The molecule has 0 aliphatic heterocycles. The number of esters is 1. The number of carbonyl (C=O) groups excluding carboxylic acids is 2. The zero-order valence-corrected chi connectivity index (χ0v) is 21.6. The minimum absolute atomic E-state index is 0.258. The Morgan fingerprint density at radius 2 is 1.62 bits per heavy atom. The summed E-state index contributed by atoms with van der Waals surface area (Å²) < 4.78 is 8.43. The smallest absolute Gasteiger partial charge is 0.343 e. The lowest BCUT2D eigenvalue weighted by molar-refractivity contribution is 0.0528. The molecule has 0 unspecified atom stereocenters. The average Bonchev–Trinajstić information content (AvgIpc) is 3.64. The van der Waals surface area contributed by atoms with Gasteiger partial charge in [-0.05, 0) is 37.3 Å². The molecule has 6 aromatic rings. The van der Waals surface area contributed by atoms with Crippen LogP contribution < -0.4 is 5.32 Å². The van der Waals surface area contributed by atoms with Gasteiger partial charge < -0.3 is 10.1 Å². The molecule has 1 amide bonds. The highest BCUT2D eigenvalue weighted by atomic mass is 16.5. The summed E-state index contributed by atoms with van der Waals surface area (Å²) in [5.41, 5.74) is 5.48. The average molecular weight is 529 g/mol. The number of benzene rings is 3. The topological polar surface area (TPSA) is 103 Å². The minimum Gasteiger partial charge on any atom is -0.462 e. The van der Waals surface area contributed by atoms with Gasteiger partial charge in [-0.3, -0.25) is 4.79 Å². The molecule has 1 N–H and O–H groups in total. The van der Waals surface area contributed by atoms with E-state index < -0.39 is 5.97 Å². The maximum absolute atomic E-state index is 13.6. The monoisotopic (exact) mass is 528 g/mol. The van der Waals surface area contributed by atoms with Gasteiger partial charge in [0.15, 0.2) is 5.65 Å². The van der Waals surface area contributed by atoms with Crippen molar-refractivity contribution in [1.82, 2.24) is 24.4 Å². The second kappa shape index (κ2) is 10.7. The van der Waals surface area contributed by atoms with E-state index in [0.29, 0.717) is 28.3 Å². The molecule has 9 nitrogen and oxygen atoms in total. The molecule has 0 fully saturated rings. The van der Waals surface area contributed by atoms with E-state index in [9.17, 15) is 9.59 Å². The van der Waals surface area contributed by atoms with Gasteiger partial charge in [0.05, 0.1) is 29.7 Å². The summed E-state index contributed by atoms with van der Waals surface area (Å²) in [5, 5.41) is 12.1. The molecule has 40 heavy (non-hydrogen) atoms. The van der Waals surface area contributed by atoms with Crippen molar-refractivity contribution in [3.63, 3.8) is 0 Å². The number of para-hydroxylation sites is 1. The molecule has 0 bridgehead atoms. The number of amides is 1. The normalized spacial score (nSPS) is 10.9. The van der Waals surface area contributed by atoms with E-state index in [4.69, 9.17) is 9.84 Å². The van der Waals surface area contributed by atoms with Crippen LogP contribution in [-0.4, -0.2) is 42.9 Å². The fourth-order valence-corrected chi connectivity index (χ4v) is 4.48. The first-order valence-electron chi connectivity index (χ1n) is 12.7. The van der Waals surface area contributed by atoms with Crippen LogP contribution in [0.4, 0.5) is 5.69 Å². The summed E-state index contributed by atoms with van der Waals surface area (Å²) in [6.07, 6.45) is 4.80. The van der Waals surface area contributed by atoms with Crippen molar-refractivity contribution in [2.24, 2.45) is 0 Å². The van der Waals surface area contributed by atoms with E-state index in [2.05, 4.69) is 15.4 Å². The number of nitrogens with zero attached hydrogens (tertiary/aromatic N) is 5. The summed E-state index contributed by atoms with van der Waals surface area (Å²) >= 11 is 0. The molecular weight excluding hydrogens is 504 g/mol. The first-order valence-corrected chi connectivity index (χ1v) is 12.7. The Hall–Kier alpha value is -5.57. The summed E-state index contributed by atoms with van der Waals surface area (Å²) in [7, 11) is 0. The molecule has 0 radical (unpaired) electrons. The maximum atomic E-state index is 13.6. The number of aromatic nitrogens is 5. The first-order chi connectivity index (χ1) is 19.6. The third kappa shape index (κ3) is 4.71. The van der Waals surface area contributed by atoms with Gasteiger partial charge >= 0.3 is 5.97 Å². The van der Waals surface area contributed by atoms with Crippen LogP contribution in [0.2, 0.25) is 0 Å². The molecule has 0 aliphatic rings. The van der Waals surface area contributed by atoms with Crippen LogP contribution in [0.1, 0.15) is 27.6 Å². The van der Waals surface area contributed by atoms with Gasteiger partial charge in [-0.2, -0.15) is 10.2 Å². The Morgan fingerprint density at radius 1 is 0.875 bits per heavy atom. The van der Waals surface area contributed by atoms with E-state index in [1.807, 2.05) is 84.9 Å².